The number of hydrogen-bond donors (Lipinski definition) is 1. The van der Waals surface area contributed by atoms with E-state index in [0.717, 1.165) is 18.5 Å². The van der Waals surface area contributed by atoms with Crippen LogP contribution in [0.1, 0.15) is 6.42 Å². The molecule has 0 spiro atoms. The highest BCUT2D eigenvalue weighted by molar-refractivity contribution is 5.54. The third-order valence-electron chi connectivity index (χ3n) is 3.63. The van der Waals surface area contributed by atoms with Gasteiger partial charge in [-0.3, -0.25) is 0 Å². The average Bonchev–Trinajstić information content (AvgIpc) is 2.98. The Morgan fingerprint density at radius 1 is 1.35 bits per heavy atom. The third-order valence-corrected chi connectivity index (χ3v) is 3.63. The van der Waals surface area contributed by atoms with Crippen LogP contribution in [0.4, 0.5) is 5.95 Å². The van der Waals surface area contributed by atoms with Crippen LogP contribution >= 0.6 is 0 Å². The lowest BCUT2D eigenvalue weighted by Gasteiger charge is -2.34. The van der Waals surface area contributed by atoms with Crippen molar-refractivity contribution in [1.29, 1.82) is 0 Å². The van der Waals surface area contributed by atoms with Gasteiger partial charge in [0.05, 0.1) is 6.10 Å². The predicted octanol–water partition coefficient (Wildman–Crippen LogP) is 1.29. The number of benzene rings is 1. The fourth-order valence-corrected chi connectivity index (χ4v) is 2.41. The molecule has 1 aromatic heterocycles. The molecule has 0 radical (unpaired) electrons. The summed E-state index contributed by atoms with van der Waals surface area (Å²) in [6, 6.07) is 9.80. The van der Waals surface area contributed by atoms with Gasteiger partial charge >= 0.3 is 0 Å². The van der Waals surface area contributed by atoms with Gasteiger partial charge in [0.15, 0.2) is 0 Å². The number of piperidine rings is 1. The van der Waals surface area contributed by atoms with Crippen LogP contribution in [-0.2, 0) is 4.74 Å². The molecular formula is C14H18N4O2. The maximum absolute atomic E-state index is 6.01. The molecule has 0 aliphatic carbocycles. The minimum atomic E-state index is 0.00225. The first-order valence-electron chi connectivity index (χ1n) is 6.70. The molecule has 3 rings (SSSR count). The Balaban J connectivity index is 1.77. The van der Waals surface area contributed by atoms with E-state index >= 15 is 0 Å². The Kier molecular flexibility index (Phi) is 3.66. The van der Waals surface area contributed by atoms with Crippen molar-refractivity contribution in [3.63, 3.8) is 0 Å². The van der Waals surface area contributed by atoms with Crippen LogP contribution in [-0.4, -0.2) is 42.5 Å². The maximum atomic E-state index is 6.01. The van der Waals surface area contributed by atoms with Crippen molar-refractivity contribution in [2.45, 2.75) is 18.6 Å². The van der Waals surface area contributed by atoms with Gasteiger partial charge < -0.3 is 19.9 Å². The van der Waals surface area contributed by atoms with Gasteiger partial charge in [-0.05, 0) is 23.7 Å². The van der Waals surface area contributed by atoms with E-state index in [1.165, 1.54) is 0 Å². The molecule has 1 fully saturated rings. The highest BCUT2D eigenvalue weighted by atomic mass is 16.5. The Labute approximate surface area is 117 Å². The molecule has 2 heterocycles. The molecule has 1 saturated heterocycles. The number of nitrogens with zero attached hydrogens (tertiary/aromatic N) is 3. The van der Waals surface area contributed by atoms with Crippen molar-refractivity contribution in [2.75, 3.05) is 25.1 Å². The number of methoxy groups -OCH3 is 1. The summed E-state index contributed by atoms with van der Waals surface area (Å²) in [5, 5.41) is 4.05. The summed E-state index contributed by atoms with van der Waals surface area (Å²) >= 11 is 0. The zero-order valence-electron chi connectivity index (χ0n) is 11.4. The fraction of sp³-hybridized carbons (Fsp3) is 0.429. The van der Waals surface area contributed by atoms with E-state index in [1.54, 1.807) is 7.11 Å². The Hall–Kier alpha value is -1.92. The first kappa shape index (κ1) is 13.1. The first-order chi connectivity index (χ1) is 9.78. The number of hydrogen-bond acceptors (Lipinski definition) is 6. The molecule has 1 aliphatic rings. The van der Waals surface area contributed by atoms with E-state index in [1.807, 2.05) is 35.2 Å². The first-order valence-corrected chi connectivity index (χ1v) is 6.70. The monoisotopic (exact) mass is 274 g/mol. The normalized spacial score (nSPS) is 23.0. The lowest BCUT2D eigenvalue weighted by Crippen LogP contribution is -2.51. The molecule has 106 valence electrons. The van der Waals surface area contributed by atoms with Crippen LogP contribution < -0.4 is 10.6 Å². The molecule has 2 atom stereocenters. The molecule has 1 aliphatic heterocycles. The minimum Gasteiger partial charge on any atom is -0.378 e. The number of rotatable bonds is 3. The van der Waals surface area contributed by atoms with Gasteiger partial charge in [-0.25, -0.2) is 0 Å². The molecule has 1 aromatic carbocycles. The van der Waals surface area contributed by atoms with Crippen molar-refractivity contribution in [3.05, 3.63) is 30.3 Å². The summed E-state index contributed by atoms with van der Waals surface area (Å²) < 4.78 is 10.7. The van der Waals surface area contributed by atoms with Crippen LogP contribution in [0, 0.1) is 0 Å². The smallest absolute Gasteiger partial charge is 0.266 e. The second-order valence-electron chi connectivity index (χ2n) is 4.94. The summed E-state index contributed by atoms with van der Waals surface area (Å²) in [5.41, 5.74) is 6.93. The number of aromatic nitrogens is 2. The molecule has 0 saturated carbocycles. The van der Waals surface area contributed by atoms with Crippen molar-refractivity contribution >= 4 is 5.95 Å². The van der Waals surface area contributed by atoms with Gasteiger partial charge in [-0.15, -0.1) is 0 Å². The van der Waals surface area contributed by atoms with E-state index in [-0.39, 0.29) is 12.1 Å². The van der Waals surface area contributed by atoms with Crippen molar-refractivity contribution in [2.24, 2.45) is 5.73 Å². The van der Waals surface area contributed by atoms with E-state index in [0.29, 0.717) is 18.4 Å². The fourth-order valence-electron chi connectivity index (χ4n) is 2.41. The maximum Gasteiger partial charge on any atom is 0.266 e. The second-order valence-corrected chi connectivity index (χ2v) is 4.94. The molecule has 0 bridgehead atoms. The lowest BCUT2D eigenvalue weighted by atomic mass is 10.0. The van der Waals surface area contributed by atoms with E-state index < -0.39 is 0 Å². The number of nitrogens with two attached hydrogens (primary N) is 1. The van der Waals surface area contributed by atoms with Crippen LogP contribution in [0.15, 0.2) is 34.9 Å². The topological polar surface area (TPSA) is 77.4 Å². The summed E-state index contributed by atoms with van der Waals surface area (Å²) in [5.74, 6) is 1.13. The Morgan fingerprint density at radius 2 is 2.15 bits per heavy atom. The zero-order valence-corrected chi connectivity index (χ0v) is 11.4. The molecule has 0 unspecified atom stereocenters. The van der Waals surface area contributed by atoms with Gasteiger partial charge in [-0.1, -0.05) is 18.2 Å². The number of ether oxygens (including phenoxy) is 1. The van der Waals surface area contributed by atoms with Crippen LogP contribution in [0.2, 0.25) is 0 Å². The van der Waals surface area contributed by atoms with E-state index in [4.69, 9.17) is 15.0 Å². The summed E-state index contributed by atoms with van der Waals surface area (Å²) in [6.07, 6.45) is 0.857. The van der Waals surface area contributed by atoms with Gasteiger partial charge in [0.25, 0.3) is 11.8 Å². The van der Waals surface area contributed by atoms with E-state index in [9.17, 15) is 0 Å². The standard InChI is InChI=1S/C14H18N4O2/c1-19-12-9-18(8-7-11(12)15)14-16-13(20-17-14)10-5-3-2-4-6-10/h2-6,11-12H,7-9,15H2,1H3/t11-,12+/m0/s1. The average molecular weight is 274 g/mol. The predicted molar refractivity (Wildman–Crippen MR) is 75.3 cm³/mol. The molecule has 0 amide bonds. The van der Waals surface area contributed by atoms with Gasteiger partial charge in [0, 0.05) is 31.8 Å². The van der Waals surface area contributed by atoms with E-state index in [2.05, 4.69) is 10.1 Å². The van der Waals surface area contributed by atoms with Gasteiger partial charge in [0.2, 0.25) is 0 Å². The highest BCUT2D eigenvalue weighted by Gasteiger charge is 2.28. The number of anilines is 1. The molecule has 2 aromatic rings. The summed E-state index contributed by atoms with van der Waals surface area (Å²) in [6.45, 7) is 1.50. The molecular weight excluding hydrogens is 256 g/mol. The highest BCUT2D eigenvalue weighted by Crippen LogP contribution is 2.22. The Morgan fingerprint density at radius 3 is 2.90 bits per heavy atom. The van der Waals surface area contributed by atoms with Crippen LogP contribution in [0.3, 0.4) is 0 Å². The Bertz CT molecular complexity index is 557. The largest absolute Gasteiger partial charge is 0.378 e. The minimum absolute atomic E-state index is 0.00225. The third kappa shape index (κ3) is 2.52. The lowest BCUT2D eigenvalue weighted by molar-refractivity contribution is 0.0725. The zero-order chi connectivity index (χ0) is 13.9. The van der Waals surface area contributed by atoms with Crippen LogP contribution in [0.5, 0.6) is 0 Å². The quantitative estimate of drug-likeness (QED) is 0.908. The summed E-state index contributed by atoms with van der Waals surface area (Å²) in [7, 11) is 1.68. The summed E-state index contributed by atoms with van der Waals surface area (Å²) in [4.78, 5) is 6.50. The molecule has 6 nitrogen and oxygen atoms in total. The van der Waals surface area contributed by atoms with Gasteiger partial charge in [-0.2, -0.15) is 4.98 Å². The van der Waals surface area contributed by atoms with Gasteiger partial charge in [0.1, 0.15) is 0 Å². The van der Waals surface area contributed by atoms with Crippen molar-refractivity contribution < 1.29 is 9.26 Å². The van der Waals surface area contributed by atoms with Crippen molar-refractivity contribution in [3.8, 4) is 11.5 Å². The SMILES string of the molecule is CO[C@@H]1CN(c2noc(-c3ccccc3)n2)CC[C@@H]1N. The van der Waals surface area contributed by atoms with Crippen LogP contribution in [0.25, 0.3) is 11.5 Å². The molecule has 6 heteroatoms. The second kappa shape index (κ2) is 5.60. The van der Waals surface area contributed by atoms with Crippen molar-refractivity contribution in [1.82, 2.24) is 10.1 Å². The molecule has 20 heavy (non-hydrogen) atoms. The molecule has 2 N–H and O–H groups in total.